The molecule has 0 atom stereocenters. The van der Waals surface area contributed by atoms with Crippen molar-refractivity contribution in [3.8, 4) is 17.1 Å². The van der Waals surface area contributed by atoms with Gasteiger partial charge in [-0.2, -0.15) is 4.31 Å². The van der Waals surface area contributed by atoms with Crippen molar-refractivity contribution in [3.05, 3.63) is 101 Å². The molecule has 0 amide bonds. The molecule has 0 bridgehead atoms. The van der Waals surface area contributed by atoms with E-state index in [0.29, 0.717) is 53.9 Å². The molecular formula is C31H32ClFN6O3S. The van der Waals surface area contributed by atoms with E-state index < -0.39 is 10.0 Å². The summed E-state index contributed by atoms with van der Waals surface area (Å²) in [7, 11) is -3.62. The number of hydrogen-bond donors (Lipinski definition) is 1. The summed E-state index contributed by atoms with van der Waals surface area (Å²) in [6.07, 6.45) is 4.55. The van der Waals surface area contributed by atoms with Crippen LogP contribution < -0.4 is 11.0 Å². The Morgan fingerprint density at radius 2 is 1.65 bits per heavy atom. The van der Waals surface area contributed by atoms with Crippen LogP contribution in [0.1, 0.15) is 32.7 Å². The molecular weight excluding hydrogens is 591 g/mol. The van der Waals surface area contributed by atoms with Crippen molar-refractivity contribution in [2.45, 2.75) is 43.7 Å². The number of imidazole rings is 1. The van der Waals surface area contributed by atoms with Crippen LogP contribution >= 0.6 is 12.4 Å². The van der Waals surface area contributed by atoms with Crippen LogP contribution in [0.15, 0.2) is 94.9 Å². The summed E-state index contributed by atoms with van der Waals surface area (Å²) < 4.78 is 45.0. The minimum absolute atomic E-state index is 0. The Hall–Kier alpha value is -4.06. The highest BCUT2D eigenvalue weighted by Gasteiger charge is 2.30. The number of benzene rings is 3. The number of fused-ring (bicyclic) bond motifs is 1. The Morgan fingerprint density at radius 3 is 2.35 bits per heavy atom. The number of halogens is 2. The van der Waals surface area contributed by atoms with Gasteiger partial charge in [0.1, 0.15) is 5.82 Å². The van der Waals surface area contributed by atoms with Crippen molar-refractivity contribution in [3.63, 3.8) is 0 Å². The average Bonchev–Trinajstić information content (AvgIpc) is 3.35. The molecule has 0 radical (unpaired) electrons. The maximum atomic E-state index is 13.6. The van der Waals surface area contributed by atoms with Crippen molar-refractivity contribution in [1.29, 1.82) is 0 Å². The van der Waals surface area contributed by atoms with E-state index in [9.17, 15) is 17.6 Å². The van der Waals surface area contributed by atoms with Gasteiger partial charge in [0.05, 0.1) is 22.0 Å². The summed E-state index contributed by atoms with van der Waals surface area (Å²) in [5.41, 5.74) is 1.37. The van der Waals surface area contributed by atoms with Gasteiger partial charge >= 0.3 is 5.69 Å². The van der Waals surface area contributed by atoms with Crippen LogP contribution in [0.25, 0.3) is 27.8 Å². The smallest absolute Gasteiger partial charge is 0.333 e. The molecule has 5 aromatic rings. The van der Waals surface area contributed by atoms with Gasteiger partial charge in [0.25, 0.3) is 0 Å². The maximum absolute atomic E-state index is 13.6. The first-order chi connectivity index (χ1) is 20.2. The van der Waals surface area contributed by atoms with E-state index >= 15 is 0 Å². The second-order valence-corrected chi connectivity index (χ2v) is 12.6. The predicted octanol–water partition coefficient (Wildman–Crippen LogP) is 5.66. The van der Waals surface area contributed by atoms with Crippen molar-refractivity contribution >= 4 is 39.2 Å². The van der Waals surface area contributed by atoms with Crippen LogP contribution in [-0.2, 0) is 10.0 Å². The minimum atomic E-state index is -3.62. The number of piperidine rings is 1. The Kier molecular flexibility index (Phi) is 8.68. The zero-order valence-corrected chi connectivity index (χ0v) is 25.4. The number of sulfonamides is 1. The van der Waals surface area contributed by atoms with E-state index in [1.807, 2.05) is 44.2 Å². The topological polar surface area (TPSA) is 102 Å². The normalized spacial score (nSPS) is 14.6. The summed E-state index contributed by atoms with van der Waals surface area (Å²) in [5.74, 6) is 0.0000118. The monoisotopic (exact) mass is 622 g/mol. The lowest BCUT2D eigenvalue weighted by molar-refractivity contribution is 0.329. The fourth-order valence-electron chi connectivity index (χ4n) is 5.32. The van der Waals surface area contributed by atoms with E-state index in [1.54, 1.807) is 47.3 Å². The van der Waals surface area contributed by atoms with Crippen molar-refractivity contribution in [2.24, 2.45) is 0 Å². The Balaban J connectivity index is 0.00000368. The molecule has 12 heteroatoms. The summed E-state index contributed by atoms with van der Waals surface area (Å²) >= 11 is 0. The molecule has 1 aliphatic rings. The Morgan fingerprint density at radius 1 is 0.953 bits per heavy atom. The van der Waals surface area contributed by atoms with Crippen molar-refractivity contribution in [2.75, 3.05) is 18.4 Å². The SMILES string of the molecule is CC(C)n1cc(-c2ccnc(NC3CCN(S(=O)(=O)c4ccc5ccccc5c4)CC3)n2)n(-c2ccc(F)cc2)c1=O.Cl. The summed E-state index contributed by atoms with van der Waals surface area (Å²) in [6.45, 7) is 4.57. The van der Waals surface area contributed by atoms with Gasteiger partial charge in [-0.1, -0.05) is 30.3 Å². The number of nitrogens with zero attached hydrogens (tertiary/aromatic N) is 5. The molecule has 0 unspecified atom stereocenters. The number of nitrogens with one attached hydrogen (secondary N) is 1. The average molecular weight is 623 g/mol. The van der Waals surface area contributed by atoms with Crippen LogP contribution in [0.3, 0.4) is 0 Å². The number of aromatic nitrogens is 4. The van der Waals surface area contributed by atoms with Gasteiger partial charge in [-0.3, -0.25) is 9.13 Å². The van der Waals surface area contributed by atoms with Crippen LogP contribution in [-0.4, -0.2) is 51.0 Å². The highest BCUT2D eigenvalue weighted by molar-refractivity contribution is 7.89. The molecule has 1 fully saturated rings. The highest BCUT2D eigenvalue weighted by atomic mass is 35.5. The van der Waals surface area contributed by atoms with Crippen LogP contribution in [0.2, 0.25) is 0 Å². The number of anilines is 1. The lowest BCUT2D eigenvalue weighted by atomic mass is 10.1. The maximum Gasteiger partial charge on any atom is 0.333 e. The summed E-state index contributed by atoms with van der Waals surface area (Å²) in [5, 5.41) is 5.24. The third-order valence-corrected chi connectivity index (χ3v) is 9.51. The fraction of sp³-hybridized carbons (Fsp3) is 0.258. The molecule has 0 spiro atoms. The van der Waals surface area contributed by atoms with Gasteiger partial charge in [0.2, 0.25) is 16.0 Å². The molecule has 0 aliphatic carbocycles. The van der Waals surface area contributed by atoms with Crippen LogP contribution in [0.5, 0.6) is 0 Å². The third kappa shape index (κ3) is 6.06. The van der Waals surface area contributed by atoms with Crippen molar-refractivity contribution in [1.82, 2.24) is 23.4 Å². The van der Waals surface area contributed by atoms with E-state index in [1.165, 1.54) is 21.0 Å². The van der Waals surface area contributed by atoms with Gasteiger partial charge in [-0.25, -0.2) is 27.6 Å². The zero-order chi connectivity index (χ0) is 29.4. The number of rotatable bonds is 7. The molecule has 9 nitrogen and oxygen atoms in total. The first-order valence-electron chi connectivity index (χ1n) is 13.9. The number of hydrogen-bond acceptors (Lipinski definition) is 6. The van der Waals surface area contributed by atoms with Gasteiger partial charge < -0.3 is 5.32 Å². The van der Waals surface area contributed by atoms with Gasteiger partial charge in [-0.05, 0) is 79.9 Å². The zero-order valence-electron chi connectivity index (χ0n) is 23.7. The molecule has 2 aromatic heterocycles. The van der Waals surface area contributed by atoms with Gasteiger partial charge in [0.15, 0.2) is 0 Å². The highest BCUT2D eigenvalue weighted by Crippen LogP contribution is 2.26. The molecule has 0 saturated carbocycles. The molecule has 43 heavy (non-hydrogen) atoms. The lowest BCUT2D eigenvalue weighted by Gasteiger charge is -2.31. The Labute approximate surface area is 255 Å². The quantitative estimate of drug-likeness (QED) is 0.251. The third-order valence-electron chi connectivity index (χ3n) is 7.62. The van der Waals surface area contributed by atoms with E-state index in [-0.39, 0.29) is 36.0 Å². The first kappa shape index (κ1) is 30.4. The van der Waals surface area contributed by atoms with Crippen LogP contribution in [0.4, 0.5) is 10.3 Å². The summed E-state index contributed by atoms with van der Waals surface area (Å²) in [4.78, 5) is 22.7. The standard InChI is InChI=1S/C31H31FN6O3S.ClH/c1-21(2)37-20-29(38(31(37)39)26-10-8-24(32)9-11-26)28-13-16-33-30(35-28)34-25-14-17-36(18-15-25)42(40,41)27-12-7-22-5-3-4-6-23(22)19-27;/h3-13,16,19-21,25H,14-15,17-18H2,1-2H3,(H,33,34,35);1H. The molecule has 6 rings (SSSR count). The molecule has 224 valence electrons. The minimum Gasteiger partial charge on any atom is -0.351 e. The molecule has 3 heterocycles. The lowest BCUT2D eigenvalue weighted by Crippen LogP contribution is -2.42. The second-order valence-electron chi connectivity index (χ2n) is 10.7. The molecule has 1 saturated heterocycles. The molecule has 3 aromatic carbocycles. The van der Waals surface area contributed by atoms with E-state index in [4.69, 9.17) is 4.98 Å². The molecule has 1 aliphatic heterocycles. The largest absolute Gasteiger partial charge is 0.351 e. The van der Waals surface area contributed by atoms with Gasteiger partial charge in [-0.15, -0.1) is 12.4 Å². The first-order valence-corrected chi connectivity index (χ1v) is 15.3. The second kappa shape index (κ2) is 12.3. The Bertz CT molecular complexity index is 1920. The van der Waals surface area contributed by atoms with Gasteiger partial charge in [0, 0.05) is 37.6 Å². The van der Waals surface area contributed by atoms with E-state index in [2.05, 4.69) is 10.3 Å². The van der Waals surface area contributed by atoms with E-state index in [0.717, 1.165) is 10.8 Å². The van der Waals surface area contributed by atoms with Crippen molar-refractivity contribution < 1.29 is 12.8 Å². The predicted molar refractivity (Wildman–Crippen MR) is 168 cm³/mol. The van der Waals surface area contributed by atoms with Crippen LogP contribution in [0, 0.1) is 5.82 Å². The summed E-state index contributed by atoms with van der Waals surface area (Å²) in [6, 6.07) is 20.3. The molecule has 1 N–H and O–H groups in total. The fourth-order valence-corrected chi connectivity index (χ4v) is 6.83.